The van der Waals surface area contributed by atoms with Gasteiger partial charge in [-0.1, -0.05) is 19.6 Å². The van der Waals surface area contributed by atoms with Gasteiger partial charge in [-0.25, -0.2) is 0 Å². The number of aliphatic hydroxyl groups is 2. The van der Waals surface area contributed by atoms with Gasteiger partial charge in [0, 0.05) is 0 Å². The summed E-state index contributed by atoms with van der Waals surface area (Å²) in [5, 5.41) is 15.3. The summed E-state index contributed by atoms with van der Waals surface area (Å²) >= 11 is 0. The van der Waals surface area contributed by atoms with Gasteiger partial charge < -0.3 is 10.2 Å². The molecule has 14 heavy (non-hydrogen) atoms. The lowest BCUT2D eigenvalue weighted by atomic mass is 10.5. The van der Waals surface area contributed by atoms with Crippen LogP contribution in [0.5, 0.6) is 0 Å². The third-order valence-corrected chi connectivity index (χ3v) is 2.16. The topological polar surface area (TPSA) is 94.8 Å². The maximum Gasteiger partial charge on any atom is 0.267 e. The SMILES string of the molecule is C.CC(C)S(=O)(=O)O.OCC=CCO. The normalized spacial score (nSPS) is 10.7. The Kier molecular flexibility index (Phi) is 14.6. The second-order valence-electron chi connectivity index (χ2n) is 2.40. The molecule has 0 spiro atoms. The van der Waals surface area contributed by atoms with Crippen molar-refractivity contribution in [2.45, 2.75) is 26.5 Å². The predicted molar refractivity (Wildman–Crippen MR) is 56.7 cm³/mol. The predicted octanol–water partition coefficient (Wildman–Crippen LogP) is 0.446. The van der Waals surface area contributed by atoms with Crippen molar-refractivity contribution in [3.05, 3.63) is 12.2 Å². The van der Waals surface area contributed by atoms with E-state index in [0.29, 0.717) is 0 Å². The molecule has 0 unspecified atom stereocenters. The fourth-order valence-electron chi connectivity index (χ4n) is 0.149. The molecule has 0 fully saturated rings. The molecule has 0 heterocycles. The highest BCUT2D eigenvalue weighted by molar-refractivity contribution is 7.86. The van der Waals surface area contributed by atoms with Crippen molar-refractivity contribution in [2.75, 3.05) is 13.2 Å². The lowest BCUT2D eigenvalue weighted by Gasteiger charge is -1.94. The molecule has 0 aliphatic heterocycles. The Bertz CT molecular complexity index is 212. The first-order valence-electron chi connectivity index (χ1n) is 3.69. The van der Waals surface area contributed by atoms with Gasteiger partial charge in [-0.05, 0) is 13.8 Å². The molecule has 0 amide bonds. The smallest absolute Gasteiger partial charge is 0.267 e. The van der Waals surface area contributed by atoms with Gasteiger partial charge in [-0.3, -0.25) is 4.55 Å². The zero-order chi connectivity index (χ0) is 10.9. The average molecular weight is 228 g/mol. The van der Waals surface area contributed by atoms with E-state index in [1.165, 1.54) is 26.0 Å². The zero-order valence-electron chi connectivity index (χ0n) is 7.71. The van der Waals surface area contributed by atoms with Gasteiger partial charge in [-0.15, -0.1) is 0 Å². The molecule has 0 saturated heterocycles. The summed E-state index contributed by atoms with van der Waals surface area (Å²) < 4.78 is 27.8. The van der Waals surface area contributed by atoms with Crippen LogP contribution in [0.2, 0.25) is 0 Å². The van der Waals surface area contributed by atoms with E-state index in [1.54, 1.807) is 0 Å². The Balaban J connectivity index is -0.000000163. The van der Waals surface area contributed by atoms with Crippen molar-refractivity contribution in [1.29, 1.82) is 0 Å². The van der Waals surface area contributed by atoms with Gasteiger partial charge in [0.2, 0.25) is 0 Å². The molecule has 0 bridgehead atoms. The number of hydrogen-bond donors (Lipinski definition) is 3. The molecule has 0 aliphatic rings. The molecule has 0 radical (unpaired) electrons. The monoisotopic (exact) mass is 228 g/mol. The molecule has 3 N–H and O–H groups in total. The van der Waals surface area contributed by atoms with E-state index in [-0.39, 0.29) is 20.6 Å². The number of hydrogen-bond acceptors (Lipinski definition) is 4. The van der Waals surface area contributed by atoms with Crippen molar-refractivity contribution in [3.8, 4) is 0 Å². The van der Waals surface area contributed by atoms with Crippen LogP contribution < -0.4 is 0 Å². The minimum Gasteiger partial charge on any atom is -0.392 e. The summed E-state index contributed by atoms with van der Waals surface area (Å²) in [5.74, 6) is 0. The van der Waals surface area contributed by atoms with E-state index in [9.17, 15) is 8.42 Å². The van der Waals surface area contributed by atoms with E-state index in [1.807, 2.05) is 0 Å². The summed E-state index contributed by atoms with van der Waals surface area (Å²) in [7, 11) is -3.74. The summed E-state index contributed by atoms with van der Waals surface area (Å²) in [6, 6.07) is 0. The summed E-state index contributed by atoms with van der Waals surface area (Å²) in [6.07, 6.45) is 2.97. The van der Waals surface area contributed by atoms with E-state index in [4.69, 9.17) is 14.8 Å². The van der Waals surface area contributed by atoms with Crippen LogP contribution >= 0.6 is 0 Å². The van der Waals surface area contributed by atoms with Gasteiger partial charge in [0.05, 0.1) is 18.5 Å². The first kappa shape index (κ1) is 19.2. The van der Waals surface area contributed by atoms with Crippen molar-refractivity contribution in [1.82, 2.24) is 0 Å². The minimum absolute atomic E-state index is 0. The highest BCUT2D eigenvalue weighted by atomic mass is 32.2. The lowest BCUT2D eigenvalue weighted by Crippen LogP contribution is -2.10. The van der Waals surface area contributed by atoms with E-state index in [0.717, 1.165) is 0 Å². The summed E-state index contributed by atoms with van der Waals surface area (Å²) in [5.41, 5.74) is 0. The lowest BCUT2D eigenvalue weighted by molar-refractivity contribution is 0.329. The maximum atomic E-state index is 9.89. The Hall–Kier alpha value is -0.430. The van der Waals surface area contributed by atoms with Crippen LogP contribution in [0.25, 0.3) is 0 Å². The van der Waals surface area contributed by atoms with Crippen LogP contribution in [-0.4, -0.2) is 41.6 Å². The van der Waals surface area contributed by atoms with Crippen LogP contribution in [0.1, 0.15) is 21.3 Å². The van der Waals surface area contributed by atoms with Gasteiger partial charge in [0.25, 0.3) is 10.1 Å². The number of rotatable bonds is 3. The summed E-state index contributed by atoms with van der Waals surface area (Å²) in [4.78, 5) is 0. The van der Waals surface area contributed by atoms with Gasteiger partial charge in [0.1, 0.15) is 0 Å². The van der Waals surface area contributed by atoms with Crippen molar-refractivity contribution < 1.29 is 23.2 Å². The first-order chi connectivity index (χ1) is 5.86. The maximum absolute atomic E-state index is 9.89. The molecule has 0 aromatic heterocycles. The van der Waals surface area contributed by atoms with Crippen molar-refractivity contribution in [3.63, 3.8) is 0 Å². The van der Waals surface area contributed by atoms with Gasteiger partial charge in [-0.2, -0.15) is 8.42 Å². The largest absolute Gasteiger partial charge is 0.392 e. The van der Waals surface area contributed by atoms with Crippen LogP contribution in [-0.2, 0) is 10.1 Å². The Morgan fingerprint density at radius 3 is 1.43 bits per heavy atom. The quantitative estimate of drug-likeness (QED) is 0.481. The van der Waals surface area contributed by atoms with Gasteiger partial charge >= 0.3 is 0 Å². The summed E-state index contributed by atoms with van der Waals surface area (Å²) in [6.45, 7) is 2.85. The van der Waals surface area contributed by atoms with Crippen molar-refractivity contribution in [2.24, 2.45) is 0 Å². The molecule has 88 valence electrons. The number of aliphatic hydroxyl groups excluding tert-OH is 2. The highest BCUT2D eigenvalue weighted by Crippen LogP contribution is 1.91. The first-order valence-corrected chi connectivity index (χ1v) is 5.19. The van der Waals surface area contributed by atoms with Gasteiger partial charge in [0.15, 0.2) is 0 Å². The highest BCUT2D eigenvalue weighted by Gasteiger charge is 2.08. The second kappa shape index (κ2) is 10.6. The second-order valence-corrected chi connectivity index (χ2v) is 4.37. The fourth-order valence-corrected chi connectivity index (χ4v) is 0.149. The third kappa shape index (κ3) is 17.6. The molecule has 0 rings (SSSR count). The molecule has 0 aliphatic carbocycles. The van der Waals surface area contributed by atoms with Crippen LogP contribution in [0.3, 0.4) is 0 Å². The molecule has 5 nitrogen and oxygen atoms in total. The minimum atomic E-state index is -3.74. The van der Waals surface area contributed by atoms with E-state index < -0.39 is 15.4 Å². The molecule has 0 saturated carbocycles. The van der Waals surface area contributed by atoms with E-state index in [2.05, 4.69) is 0 Å². The molecular formula is C8H20O5S. The van der Waals surface area contributed by atoms with Crippen LogP contribution in [0, 0.1) is 0 Å². The standard InChI is InChI=1S/C4H8O2.C3H8O3S.CH4/c5-3-1-2-4-6;1-3(2)7(4,5)6;/h1-2,5-6H,3-4H2;3H,1-2H3,(H,4,5,6);1H4. The molecule has 0 aromatic rings. The van der Waals surface area contributed by atoms with Crippen molar-refractivity contribution >= 4 is 10.1 Å². The molecule has 0 atom stereocenters. The molecular weight excluding hydrogens is 208 g/mol. The Labute approximate surface area is 85.8 Å². The van der Waals surface area contributed by atoms with Crippen LogP contribution in [0.15, 0.2) is 12.2 Å². The molecule has 6 heteroatoms. The average Bonchev–Trinajstić information content (AvgIpc) is 2.00. The van der Waals surface area contributed by atoms with E-state index >= 15 is 0 Å². The fraction of sp³-hybridized carbons (Fsp3) is 0.750. The van der Waals surface area contributed by atoms with Crippen LogP contribution in [0.4, 0.5) is 0 Å². The molecule has 0 aromatic carbocycles. The zero-order valence-corrected chi connectivity index (χ0v) is 8.53. The Morgan fingerprint density at radius 2 is 1.36 bits per heavy atom. The third-order valence-electron chi connectivity index (χ3n) is 0.973. The Morgan fingerprint density at radius 1 is 1.14 bits per heavy atom.